The average Bonchev–Trinajstić information content (AvgIpc) is 2.83. The van der Waals surface area contributed by atoms with Crippen LogP contribution in [0.3, 0.4) is 0 Å². The predicted molar refractivity (Wildman–Crippen MR) is 120 cm³/mol. The molecule has 1 aliphatic rings. The standard InChI is InChI=1S/C24H25N5O2/c1-18(30)28-12-14-29(15-13-28)23-8-6-21(7-9-23)24(31)25-16-19-2-4-20(5-3-19)22-10-11-26-27-17-22/h2-11,17H,12-16H2,1H3,(H,25,31). The fourth-order valence-electron chi connectivity index (χ4n) is 3.66. The summed E-state index contributed by atoms with van der Waals surface area (Å²) in [7, 11) is 0. The van der Waals surface area contributed by atoms with Gasteiger partial charge in [-0.05, 0) is 41.5 Å². The fraction of sp³-hybridized carbons (Fsp3) is 0.250. The van der Waals surface area contributed by atoms with Gasteiger partial charge < -0.3 is 15.1 Å². The molecule has 7 heteroatoms. The minimum atomic E-state index is -0.102. The fourth-order valence-corrected chi connectivity index (χ4v) is 3.66. The highest BCUT2D eigenvalue weighted by atomic mass is 16.2. The average molecular weight is 415 g/mol. The monoisotopic (exact) mass is 415 g/mol. The molecule has 31 heavy (non-hydrogen) atoms. The van der Waals surface area contributed by atoms with Crippen molar-refractivity contribution >= 4 is 17.5 Å². The Hall–Kier alpha value is -3.74. The first kappa shape index (κ1) is 20.5. The summed E-state index contributed by atoms with van der Waals surface area (Å²) >= 11 is 0. The molecule has 0 bridgehead atoms. The van der Waals surface area contributed by atoms with Gasteiger partial charge in [0.25, 0.3) is 5.91 Å². The minimum Gasteiger partial charge on any atom is -0.368 e. The number of anilines is 1. The molecule has 1 aromatic heterocycles. The smallest absolute Gasteiger partial charge is 0.251 e. The van der Waals surface area contributed by atoms with Crippen molar-refractivity contribution in [1.29, 1.82) is 0 Å². The number of piperazine rings is 1. The molecule has 0 aliphatic carbocycles. The first-order valence-electron chi connectivity index (χ1n) is 10.3. The second kappa shape index (κ2) is 9.38. The molecule has 0 spiro atoms. The van der Waals surface area contributed by atoms with Gasteiger partial charge in [-0.1, -0.05) is 24.3 Å². The summed E-state index contributed by atoms with van der Waals surface area (Å²) in [4.78, 5) is 28.1. The van der Waals surface area contributed by atoms with Crippen molar-refractivity contribution in [2.24, 2.45) is 0 Å². The van der Waals surface area contributed by atoms with E-state index in [1.54, 1.807) is 19.3 Å². The Morgan fingerprint density at radius 3 is 2.19 bits per heavy atom. The SMILES string of the molecule is CC(=O)N1CCN(c2ccc(C(=O)NCc3ccc(-c4ccnnc4)cc3)cc2)CC1. The van der Waals surface area contributed by atoms with Crippen LogP contribution >= 0.6 is 0 Å². The van der Waals surface area contributed by atoms with E-state index in [-0.39, 0.29) is 11.8 Å². The van der Waals surface area contributed by atoms with Crippen molar-refractivity contribution in [2.45, 2.75) is 13.5 Å². The number of nitrogens with one attached hydrogen (secondary N) is 1. The number of rotatable bonds is 5. The van der Waals surface area contributed by atoms with Gasteiger partial charge in [0, 0.05) is 56.5 Å². The molecule has 2 heterocycles. The Kier molecular flexibility index (Phi) is 6.21. The third-order valence-corrected chi connectivity index (χ3v) is 5.54. The Labute approximate surface area is 181 Å². The Balaban J connectivity index is 1.30. The molecule has 3 aromatic rings. The highest BCUT2D eigenvalue weighted by molar-refractivity contribution is 5.94. The van der Waals surface area contributed by atoms with Crippen LogP contribution in [0, 0.1) is 0 Å². The molecule has 0 saturated carbocycles. The molecule has 2 amide bonds. The number of nitrogens with zero attached hydrogens (tertiary/aromatic N) is 4. The minimum absolute atomic E-state index is 0.102. The topological polar surface area (TPSA) is 78.4 Å². The summed E-state index contributed by atoms with van der Waals surface area (Å²) in [6.45, 7) is 5.13. The van der Waals surface area contributed by atoms with Gasteiger partial charge in [-0.25, -0.2) is 0 Å². The maximum absolute atomic E-state index is 12.5. The Morgan fingerprint density at radius 1 is 0.871 bits per heavy atom. The van der Waals surface area contributed by atoms with Crippen LogP contribution in [0.25, 0.3) is 11.1 Å². The molecule has 2 aromatic carbocycles. The summed E-state index contributed by atoms with van der Waals surface area (Å²) in [5, 5.41) is 10.7. The zero-order valence-corrected chi connectivity index (χ0v) is 17.5. The van der Waals surface area contributed by atoms with E-state index in [0.29, 0.717) is 12.1 Å². The van der Waals surface area contributed by atoms with Crippen molar-refractivity contribution in [3.63, 3.8) is 0 Å². The third-order valence-electron chi connectivity index (χ3n) is 5.54. The van der Waals surface area contributed by atoms with E-state index in [4.69, 9.17) is 0 Å². The van der Waals surface area contributed by atoms with Gasteiger partial charge in [-0.15, -0.1) is 0 Å². The van der Waals surface area contributed by atoms with Crippen LogP contribution in [0.5, 0.6) is 0 Å². The second-order valence-electron chi connectivity index (χ2n) is 7.55. The number of carbonyl (C=O) groups is 2. The summed E-state index contributed by atoms with van der Waals surface area (Å²) in [6, 6.07) is 17.6. The molecule has 158 valence electrons. The molecule has 0 atom stereocenters. The molecule has 1 fully saturated rings. The maximum Gasteiger partial charge on any atom is 0.251 e. The number of amides is 2. The zero-order chi connectivity index (χ0) is 21.6. The van der Waals surface area contributed by atoms with Crippen molar-refractivity contribution in [3.05, 3.63) is 78.1 Å². The summed E-state index contributed by atoms with van der Waals surface area (Å²) < 4.78 is 0. The van der Waals surface area contributed by atoms with Gasteiger partial charge in [-0.2, -0.15) is 10.2 Å². The molecule has 7 nitrogen and oxygen atoms in total. The van der Waals surface area contributed by atoms with Crippen molar-refractivity contribution < 1.29 is 9.59 Å². The van der Waals surface area contributed by atoms with Crippen LogP contribution in [0.2, 0.25) is 0 Å². The van der Waals surface area contributed by atoms with Crippen LogP contribution in [0.4, 0.5) is 5.69 Å². The number of aromatic nitrogens is 2. The highest BCUT2D eigenvalue weighted by Gasteiger charge is 2.19. The normalized spacial score (nSPS) is 13.7. The Morgan fingerprint density at radius 2 is 1.58 bits per heavy atom. The van der Waals surface area contributed by atoms with Crippen LogP contribution in [-0.2, 0) is 11.3 Å². The molecular weight excluding hydrogens is 390 g/mol. The van der Waals surface area contributed by atoms with Gasteiger partial charge >= 0.3 is 0 Å². The van der Waals surface area contributed by atoms with E-state index in [1.807, 2.05) is 59.5 Å². The maximum atomic E-state index is 12.5. The second-order valence-corrected chi connectivity index (χ2v) is 7.55. The molecule has 0 radical (unpaired) electrons. The summed E-state index contributed by atoms with van der Waals surface area (Å²) in [5.41, 5.74) is 4.80. The third kappa shape index (κ3) is 5.06. The van der Waals surface area contributed by atoms with E-state index in [0.717, 1.165) is 48.6 Å². The largest absolute Gasteiger partial charge is 0.368 e. The first-order valence-corrected chi connectivity index (χ1v) is 10.3. The van der Waals surface area contributed by atoms with Crippen LogP contribution in [0.15, 0.2) is 67.0 Å². The van der Waals surface area contributed by atoms with Gasteiger partial charge in [0.05, 0.1) is 12.4 Å². The summed E-state index contributed by atoms with van der Waals surface area (Å²) in [6.07, 6.45) is 3.39. The Bertz CT molecular complexity index is 1030. The lowest BCUT2D eigenvalue weighted by atomic mass is 10.1. The molecule has 1 saturated heterocycles. The predicted octanol–water partition coefficient (Wildman–Crippen LogP) is 2.74. The first-order chi connectivity index (χ1) is 15.1. The van der Waals surface area contributed by atoms with Crippen molar-refractivity contribution in [3.8, 4) is 11.1 Å². The molecule has 0 unspecified atom stereocenters. The lowest BCUT2D eigenvalue weighted by Crippen LogP contribution is -2.48. The number of benzene rings is 2. The van der Waals surface area contributed by atoms with Crippen LogP contribution in [0.1, 0.15) is 22.8 Å². The van der Waals surface area contributed by atoms with Gasteiger partial charge in [0.2, 0.25) is 5.91 Å². The lowest BCUT2D eigenvalue weighted by molar-refractivity contribution is -0.129. The van der Waals surface area contributed by atoms with Gasteiger partial charge in [0.15, 0.2) is 0 Å². The molecule has 4 rings (SSSR count). The van der Waals surface area contributed by atoms with E-state index in [1.165, 1.54) is 0 Å². The van der Waals surface area contributed by atoms with E-state index >= 15 is 0 Å². The quantitative estimate of drug-likeness (QED) is 0.693. The van der Waals surface area contributed by atoms with E-state index < -0.39 is 0 Å². The van der Waals surface area contributed by atoms with Crippen LogP contribution < -0.4 is 10.2 Å². The van der Waals surface area contributed by atoms with Crippen LogP contribution in [-0.4, -0.2) is 53.1 Å². The van der Waals surface area contributed by atoms with Crippen molar-refractivity contribution in [1.82, 2.24) is 20.4 Å². The number of hydrogen-bond acceptors (Lipinski definition) is 5. The van der Waals surface area contributed by atoms with Crippen molar-refractivity contribution in [2.75, 3.05) is 31.1 Å². The number of carbonyl (C=O) groups excluding carboxylic acids is 2. The van der Waals surface area contributed by atoms with Gasteiger partial charge in [-0.3, -0.25) is 9.59 Å². The molecule has 1 aliphatic heterocycles. The van der Waals surface area contributed by atoms with Gasteiger partial charge in [0.1, 0.15) is 0 Å². The molecule has 1 N–H and O–H groups in total. The highest BCUT2D eigenvalue weighted by Crippen LogP contribution is 2.19. The summed E-state index contributed by atoms with van der Waals surface area (Å²) in [5.74, 6) is 0.0195. The molecular formula is C24H25N5O2. The lowest BCUT2D eigenvalue weighted by Gasteiger charge is -2.35. The van der Waals surface area contributed by atoms with E-state index in [2.05, 4.69) is 20.4 Å². The number of hydrogen-bond donors (Lipinski definition) is 1. The van der Waals surface area contributed by atoms with E-state index in [9.17, 15) is 9.59 Å². The zero-order valence-electron chi connectivity index (χ0n) is 17.5.